The second-order valence-corrected chi connectivity index (χ2v) is 8.98. The molecule has 1 aliphatic rings. The molecule has 0 saturated carbocycles. The van der Waals surface area contributed by atoms with Gasteiger partial charge in [-0.2, -0.15) is 5.01 Å². The molecule has 11 heteroatoms. The van der Waals surface area contributed by atoms with Crippen molar-refractivity contribution in [3.05, 3.63) is 71.8 Å². The van der Waals surface area contributed by atoms with Crippen molar-refractivity contribution >= 4 is 46.1 Å². The molecule has 2 aromatic carbocycles. The molecule has 3 aromatic rings. The first kappa shape index (κ1) is 21.8. The van der Waals surface area contributed by atoms with Gasteiger partial charge >= 0.3 is 6.03 Å². The molecule has 1 aromatic heterocycles. The van der Waals surface area contributed by atoms with Crippen molar-refractivity contribution < 1.29 is 14.4 Å². The van der Waals surface area contributed by atoms with Crippen LogP contribution in [0.2, 0.25) is 0 Å². The number of carbonyl (C=O) groups excluding carboxylic acids is 3. The van der Waals surface area contributed by atoms with Gasteiger partial charge in [0.15, 0.2) is 9.88 Å². The van der Waals surface area contributed by atoms with Crippen LogP contribution in [-0.4, -0.2) is 45.3 Å². The molecule has 0 radical (unpaired) electrons. The lowest BCUT2D eigenvalue weighted by Crippen LogP contribution is -2.49. The van der Waals surface area contributed by atoms with Crippen LogP contribution in [0.5, 0.6) is 0 Å². The van der Waals surface area contributed by atoms with Crippen molar-refractivity contribution in [1.82, 2.24) is 25.9 Å². The number of carbonyl (C=O) groups is 3. The first-order valence-electron chi connectivity index (χ1n) is 9.82. The highest BCUT2D eigenvalue weighted by molar-refractivity contribution is 8.01. The number of nitrogens with one attached hydrogen (secondary N) is 3. The van der Waals surface area contributed by atoms with Gasteiger partial charge in [0.05, 0.1) is 5.75 Å². The average molecular weight is 469 g/mol. The zero-order valence-corrected chi connectivity index (χ0v) is 18.7. The van der Waals surface area contributed by atoms with Gasteiger partial charge in [0.1, 0.15) is 0 Å². The van der Waals surface area contributed by atoms with E-state index in [0.29, 0.717) is 20.6 Å². The summed E-state index contributed by atoms with van der Waals surface area (Å²) in [5.74, 6) is -1.11. The molecule has 0 unspecified atom stereocenters. The van der Waals surface area contributed by atoms with E-state index in [0.717, 1.165) is 11.6 Å². The largest absolute Gasteiger partial charge is 0.360 e. The summed E-state index contributed by atoms with van der Waals surface area (Å²) in [4.78, 5) is 38.8. The lowest BCUT2D eigenvalue weighted by atomic mass is 9.83. The summed E-state index contributed by atoms with van der Waals surface area (Å²) < 4.78 is 0.608. The van der Waals surface area contributed by atoms with E-state index >= 15 is 0 Å². The van der Waals surface area contributed by atoms with Crippen LogP contribution in [0, 0.1) is 0 Å². The summed E-state index contributed by atoms with van der Waals surface area (Å²) in [6.07, 6.45) is 0. The van der Waals surface area contributed by atoms with Crippen LogP contribution in [-0.2, 0) is 15.1 Å². The molecule has 1 saturated heterocycles. The van der Waals surface area contributed by atoms with Crippen molar-refractivity contribution in [2.24, 2.45) is 0 Å². The number of thioether (sulfide) groups is 1. The molecule has 32 heavy (non-hydrogen) atoms. The SMILES string of the molecule is CCNc1nnc(SCC(=O)NN2C(=O)NC(c3ccccc3)(c3ccccc3)C2=O)s1. The standard InChI is InChI=1S/C21H20N6O3S2/c1-2-22-18-24-25-20(32-18)31-13-16(28)26-27-17(29)21(23-19(27)30,14-9-5-3-6-10-14)15-11-7-4-8-12-15/h3-12H,2,13H2,1H3,(H,22,24)(H,23,30)(H,26,28). The van der Waals surface area contributed by atoms with E-state index in [2.05, 4.69) is 26.3 Å². The molecule has 0 bridgehead atoms. The molecule has 2 heterocycles. The topological polar surface area (TPSA) is 116 Å². The van der Waals surface area contributed by atoms with E-state index in [9.17, 15) is 14.4 Å². The Hall–Kier alpha value is -3.44. The number of benzene rings is 2. The summed E-state index contributed by atoms with van der Waals surface area (Å²) in [7, 11) is 0. The summed E-state index contributed by atoms with van der Waals surface area (Å²) >= 11 is 2.50. The molecule has 4 amide bonds. The number of rotatable bonds is 8. The fraction of sp³-hybridized carbons (Fsp3) is 0.190. The summed E-state index contributed by atoms with van der Waals surface area (Å²) in [5.41, 5.74) is 2.19. The average Bonchev–Trinajstić information content (AvgIpc) is 3.37. The molecule has 0 aliphatic carbocycles. The predicted octanol–water partition coefficient (Wildman–Crippen LogP) is 2.59. The highest BCUT2D eigenvalue weighted by Gasteiger charge is 2.54. The lowest BCUT2D eigenvalue weighted by molar-refractivity contribution is -0.137. The number of aromatic nitrogens is 2. The first-order valence-corrected chi connectivity index (χ1v) is 11.6. The van der Waals surface area contributed by atoms with Gasteiger partial charge < -0.3 is 10.6 Å². The maximum atomic E-state index is 13.5. The Morgan fingerprint density at radius 3 is 2.28 bits per heavy atom. The van der Waals surface area contributed by atoms with Crippen molar-refractivity contribution in [3.8, 4) is 0 Å². The molecular weight excluding hydrogens is 448 g/mol. The number of urea groups is 1. The number of hydrogen-bond acceptors (Lipinski definition) is 8. The van der Waals surface area contributed by atoms with Gasteiger partial charge in [-0.25, -0.2) is 4.79 Å². The molecule has 0 atom stereocenters. The number of amides is 4. The Kier molecular flexibility index (Phi) is 6.37. The van der Waals surface area contributed by atoms with Gasteiger partial charge in [-0.05, 0) is 18.1 Å². The molecule has 3 N–H and O–H groups in total. The van der Waals surface area contributed by atoms with Crippen molar-refractivity contribution in [3.63, 3.8) is 0 Å². The maximum Gasteiger partial charge on any atom is 0.344 e. The molecule has 164 valence electrons. The third-order valence-electron chi connectivity index (χ3n) is 4.73. The quantitative estimate of drug-likeness (QED) is 0.344. The van der Waals surface area contributed by atoms with Gasteiger partial charge in [-0.15, -0.1) is 10.2 Å². The third kappa shape index (κ3) is 4.16. The Morgan fingerprint density at radius 1 is 1.06 bits per heavy atom. The second-order valence-electron chi connectivity index (χ2n) is 6.78. The van der Waals surface area contributed by atoms with E-state index in [1.54, 1.807) is 48.5 Å². The molecule has 1 aliphatic heterocycles. The van der Waals surface area contributed by atoms with Crippen LogP contribution >= 0.6 is 23.1 Å². The predicted molar refractivity (Wildman–Crippen MR) is 122 cm³/mol. The molecular formula is C21H20N6O3S2. The fourth-order valence-corrected chi connectivity index (χ4v) is 4.95. The van der Waals surface area contributed by atoms with Crippen molar-refractivity contribution in [2.75, 3.05) is 17.6 Å². The van der Waals surface area contributed by atoms with Gasteiger partial charge in [-0.1, -0.05) is 83.8 Å². The maximum absolute atomic E-state index is 13.5. The normalized spacial score (nSPS) is 14.8. The Morgan fingerprint density at radius 2 is 1.69 bits per heavy atom. The highest BCUT2D eigenvalue weighted by atomic mass is 32.2. The minimum absolute atomic E-state index is 0.0263. The zero-order chi connectivity index (χ0) is 22.6. The zero-order valence-electron chi connectivity index (χ0n) is 17.1. The van der Waals surface area contributed by atoms with Crippen molar-refractivity contribution in [1.29, 1.82) is 0 Å². The summed E-state index contributed by atoms with van der Waals surface area (Å²) in [5, 5.41) is 15.2. The number of hydrogen-bond donors (Lipinski definition) is 3. The Balaban J connectivity index is 1.52. The molecule has 9 nitrogen and oxygen atoms in total. The Labute approximate surface area is 192 Å². The second kappa shape index (κ2) is 9.37. The number of imide groups is 1. The van der Waals surface area contributed by atoms with Gasteiger partial charge in [0.25, 0.3) is 5.91 Å². The van der Waals surface area contributed by atoms with Crippen LogP contribution in [0.25, 0.3) is 0 Å². The molecule has 1 fully saturated rings. The summed E-state index contributed by atoms with van der Waals surface area (Å²) in [6, 6.07) is 17.2. The smallest absolute Gasteiger partial charge is 0.344 e. The van der Waals surface area contributed by atoms with Gasteiger partial charge in [0.2, 0.25) is 11.0 Å². The number of hydrazine groups is 1. The van der Waals surface area contributed by atoms with Crippen LogP contribution in [0.1, 0.15) is 18.1 Å². The molecule has 0 spiro atoms. The fourth-order valence-electron chi connectivity index (χ4n) is 3.34. The first-order chi connectivity index (χ1) is 15.5. The highest BCUT2D eigenvalue weighted by Crippen LogP contribution is 2.35. The van der Waals surface area contributed by atoms with Gasteiger partial charge in [-0.3, -0.25) is 15.0 Å². The van der Waals surface area contributed by atoms with Crippen LogP contribution in [0.4, 0.5) is 9.93 Å². The minimum atomic E-state index is -1.43. The number of nitrogens with zero attached hydrogens (tertiary/aromatic N) is 3. The molecule has 4 rings (SSSR count). The van der Waals surface area contributed by atoms with E-state index in [1.165, 1.54) is 23.1 Å². The van der Waals surface area contributed by atoms with Crippen LogP contribution in [0.15, 0.2) is 65.0 Å². The van der Waals surface area contributed by atoms with E-state index < -0.39 is 23.4 Å². The van der Waals surface area contributed by atoms with Gasteiger partial charge in [0, 0.05) is 6.54 Å². The number of anilines is 1. The van der Waals surface area contributed by atoms with Crippen LogP contribution < -0.4 is 16.1 Å². The lowest BCUT2D eigenvalue weighted by Gasteiger charge is -2.27. The Bertz CT molecular complexity index is 1080. The third-order valence-corrected chi connectivity index (χ3v) is 6.75. The monoisotopic (exact) mass is 468 g/mol. The van der Waals surface area contributed by atoms with E-state index in [4.69, 9.17) is 0 Å². The van der Waals surface area contributed by atoms with E-state index in [1.807, 2.05) is 19.1 Å². The van der Waals surface area contributed by atoms with Crippen LogP contribution in [0.3, 0.4) is 0 Å². The van der Waals surface area contributed by atoms with Crippen molar-refractivity contribution in [2.45, 2.75) is 16.8 Å². The minimum Gasteiger partial charge on any atom is -0.360 e. The van der Waals surface area contributed by atoms with E-state index in [-0.39, 0.29) is 5.75 Å². The summed E-state index contributed by atoms with van der Waals surface area (Å²) in [6.45, 7) is 2.67.